The fourth-order valence-corrected chi connectivity index (χ4v) is 1.30. The Morgan fingerprint density at radius 1 is 1.42 bits per heavy atom. The van der Waals surface area contributed by atoms with Gasteiger partial charge in [0.1, 0.15) is 11.6 Å². The maximum Gasteiger partial charge on any atom is 0.276 e. The maximum absolute atomic E-state index is 12.8. The van der Waals surface area contributed by atoms with E-state index in [1.165, 1.54) is 18.2 Å². The van der Waals surface area contributed by atoms with E-state index < -0.39 is 11.7 Å². The van der Waals surface area contributed by atoms with Gasteiger partial charge in [0, 0.05) is 12.6 Å². The van der Waals surface area contributed by atoms with E-state index >= 15 is 0 Å². The van der Waals surface area contributed by atoms with Crippen LogP contribution in [0.25, 0.3) is 0 Å². The number of carbonyl (C=O) groups is 1. The van der Waals surface area contributed by atoms with E-state index in [4.69, 9.17) is 17.0 Å². The molecule has 0 radical (unpaired) electrons. The molecule has 1 aromatic carbocycles. The van der Waals surface area contributed by atoms with Crippen molar-refractivity contribution in [2.75, 3.05) is 13.2 Å². The van der Waals surface area contributed by atoms with Crippen LogP contribution in [0.4, 0.5) is 4.39 Å². The summed E-state index contributed by atoms with van der Waals surface area (Å²) in [6.07, 6.45) is 0.929. The summed E-state index contributed by atoms with van der Waals surface area (Å²) in [5.41, 5.74) is 4.90. The van der Waals surface area contributed by atoms with Crippen LogP contribution in [0.5, 0.6) is 5.75 Å². The number of hydrazine groups is 1. The number of nitrogens with one attached hydrogen (secondary N) is 3. The number of hydrogen-bond acceptors (Lipinski definition) is 3. The third-order valence-electron chi connectivity index (χ3n) is 2.02. The fourth-order valence-electron chi connectivity index (χ4n) is 1.15. The van der Waals surface area contributed by atoms with Gasteiger partial charge in [0.05, 0.1) is 0 Å². The number of ether oxygens (including phenoxy) is 1. The summed E-state index contributed by atoms with van der Waals surface area (Å²) in [4.78, 5) is 11.4. The Kier molecular flexibility index (Phi) is 6.59. The van der Waals surface area contributed by atoms with Gasteiger partial charge in [-0.15, -0.1) is 0 Å². The largest absolute Gasteiger partial charge is 0.484 e. The van der Waals surface area contributed by atoms with E-state index in [0.29, 0.717) is 10.9 Å². The lowest BCUT2D eigenvalue weighted by Gasteiger charge is -2.11. The second-order valence-corrected chi connectivity index (χ2v) is 4.08. The number of rotatable bonds is 5. The molecule has 0 aliphatic rings. The molecule has 7 heteroatoms. The first-order valence-corrected chi connectivity index (χ1v) is 6.23. The molecule has 0 heterocycles. The first-order chi connectivity index (χ1) is 9.11. The van der Waals surface area contributed by atoms with Crippen LogP contribution in [-0.4, -0.2) is 24.2 Å². The molecule has 104 valence electrons. The minimum absolute atomic E-state index is 0.229. The number of thiocarbonyl (C=S) groups is 1. The van der Waals surface area contributed by atoms with Gasteiger partial charge in [0.25, 0.3) is 5.91 Å². The topological polar surface area (TPSA) is 62.4 Å². The Labute approximate surface area is 116 Å². The number of amides is 1. The van der Waals surface area contributed by atoms with Crippen LogP contribution >= 0.6 is 12.2 Å². The molecule has 0 unspecified atom stereocenters. The zero-order valence-corrected chi connectivity index (χ0v) is 11.3. The molecule has 0 spiro atoms. The molecule has 0 aromatic heterocycles. The van der Waals surface area contributed by atoms with Gasteiger partial charge in [-0.1, -0.05) is 13.0 Å². The first-order valence-electron chi connectivity index (χ1n) is 5.83. The van der Waals surface area contributed by atoms with E-state index in [-0.39, 0.29) is 6.61 Å². The van der Waals surface area contributed by atoms with Crippen molar-refractivity contribution in [1.29, 1.82) is 0 Å². The van der Waals surface area contributed by atoms with E-state index in [2.05, 4.69) is 16.2 Å². The molecule has 1 aromatic rings. The van der Waals surface area contributed by atoms with Crippen molar-refractivity contribution in [2.24, 2.45) is 0 Å². The van der Waals surface area contributed by atoms with Gasteiger partial charge in [-0.2, -0.15) is 0 Å². The highest BCUT2D eigenvalue weighted by Gasteiger charge is 2.03. The molecule has 0 saturated heterocycles. The Hall–Kier alpha value is -1.89. The summed E-state index contributed by atoms with van der Waals surface area (Å²) in [5.74, 6) is -0.535. The Balaban J connectivity index is 2.23. The highest BCUT2D eigenvalue weighted by Crippen LogP contribution is 2.11. The molecule has 0 aliphatic carbocycles. The second-order valence-electron chi connectivity index (χ2n) is 3.68. The van der Waals surface area contributed by atoms with Crippen molar-refractivity contribution in [2.45, 2.75) is 13.3 Å². The van der Waals surface area contributed by atoms with E-state index in [0.717, 1.165) is 13.0 Å². The minimum atomic E-state index is -0.416. The van der Waals surface area contributed by atoms with Crippen molar-refractivity contribution in [1.82, 2.24) is 16.2 Å². The van der Waals surface area contributed by atoms with Gasteiger partial charge in [0.2, 0.25) is 0 Å². The monoisotopic (exact) mass is 285 g/mol. The molecule has 0 atom stereocenters. The molecule has 1 rings (SSSR count). The average Bonchev–Trinajstić information content (AvgIpc) is 2.40. The fraction of sp³-hybridized carbons (Fsp3) is 0.333. The van der Waals surface area contributed by atoms with Crippen molar-refractivity contribution in [3.8, 4) is 5.75 Å². The normalized spacial score (nSPS) is 9.58. The summed E-state index contributed by atoms with van der Waals surface area (Å²) in [6.45, 7) is 2.50. The van der Waals surface area contributed by atoms with Crippen LogP contribution in [0.15, 0.2) is 24.3 Å². The minimum Gasteiger partial charge on any atom is -0.484 e. The molecule has 0 fully saturated rings. The van der Waals surface area contributed by atoms with Crippen molar-refractivity contribution >= 4 is 23.2 Å². The summed E-state index contributed by atoms with van der Waals surface area (Å²) in [7, 11) is 0. The molecule has 19 heavy (non-hydrogen) atoms. The van der Waals surface area contributed by atoms with Crippen molar-refractivity contribution in [3.63, 3.8) is 0 Å². The number of carbonyl (C=O) groups excluding carboxylic acids is 1. The molecular formula is C12H16FN3O2S. The van der Waals surface area contributed by atoms with Crippen LogP contribution in [0.1, 0.15) is 13.3 Å². The highest BCUT2D eigenvalue weighted by atomic mass is 32.1. The maximum atomic E-state index is 12.8. The third kappa shape index (κ3) is 6.56. The molecule has 0 saturated carbocycles. The summed E-state index contributed by atoms with van der Waals surface area (Å²) >= 11 is 4.91. The van der Waals surface area contributed by atoms with Crippen LogP contribution < -0.4 is 20.9 Å². The number of hydrogen-bond donors (Lipinski definition) is 3. The lowest BCUT2D eigenvalue weighted by Crippen LogP contribution is -2.48. The Morgan fingerprint density at radius 3 is 2.89 bits per heavy atom. The van der Waals surface area contributed by atoms with Crippen molar-refractivity contribution in [3.05, 3.63) is 30.1 Å². The van der Waals surface area contributed by atoms with Crippen LogP contribution in [0.3, 0.4) is 0 Å². The van der Waals surface area contributed by atoms with Gasteiger partial charge in [-0.3, -0.25) is 15.6 Å². The Bertz CT molecular complexity index is 443. The van der Waals surface area contributed by atoms with Gasteiger partial charge in [-0.05, 0) is 30.8 Å². The lowest BCUT2D eigenvalue weighted by molar-refractivity contribution is -0.123. The molecule has 0 bridgehead atoms. The van der Waals surface area contributed by atoms with Gasteiger partial charge >= 0.3 is 0 Å². The number of benzene rings is 1. The van der Waals surface area contributed by atoms with Crippen LogP contribution in [0.2, 0.25) is 0 Å². The summed E-state index contributed by atoms with van der Waals surface area (Å²) < 4.78 is 18.0. The molecule has 5 nitrogen and oxygen atoms in total. The second kappa shape index (κ2) is 8.25. The van der Waals surface area contributed by atoms with E-state index in [1.54, 1.807) is 6.07 Å². The Morgan fingerprint density at radius 2 is 2.21 bits per heavy atom. The smallest absolute Gasteiger partial charge is 0.276 e. The zero-order valence-electron chi connectivity index (χ0n) is 10.5. The SMILES string of the molecule is CCCNC(=S)NNC(=O)COc1cccc(F)c1. The standard InChI is InChI=1S/C12H16FN3O2S/c1-2-6-14-12(19)16-15-11(17)8-18-10-5-3-4-9(13)7-10/h3-5,7H,2,6,8H2,1H3,(H,15,17)(H2,14,16,19). The first kappa shape index (κ1) is 15.2. The van der Waals surface area contributed by atoms with Crippen LogP contribution in [-0.2, 0) is 4.79 Å². The highest BCUT2D eigenvalue weighted by molar-refractivity contribution is 7.80. The lowest BCUT2D eigenvalue weighted by atomic mass is 10.3. The molecule has 3 N–H and O–H groups in total. The number of halogens is 1. The predicted molar refractivity (Wildman–Crippen MR) is 74.1 cm³/mol. The zero-order chi connectivity index (χ0) is 14.1. The summed E-state index contributed by atoms with van der Waals surface area (Å²) in [6, 6.07) is 5.57. The van der Waals surface area contributed by atoms with E-state index in [1.807, 2.05) is 6.92 Å². The molecule has 0 aliphatic heterocycles. The van der Waals surface area contributed by atoms with Crippen LogP contribution in [0, 0.1) is 5.82 Å². The predicted octanol–water partition coefficient (Wildman–Crippen LogP) is 1.11. The van der Waals surface area contributed by atoms with E-state index in [9.17, 15) is 9.18 Å². The average molecular weight is 285 g/mol. The molecule has 1 amide bonds. The quantitative estimate of drug-likeness (QED) is 0.559. The third-order valence-corrected chi connectivity index (χ3v) is 2.26. The van der Waals surface area contributed by atoms with Gasteiger partial charge < -0.3 is 10.1 Å². The van der Waals surface area contributed by atoms with Gasteiger partial charge in [-0.25, -0.2) is 4.39 Å². The molecular weight excluding hydrogens is 269 g/mol. The van der Waals surface area contributed by atoms with Gasteiger partial charge in [0.15, 0.2) is 11.7 Å². The summed E-state index contributed by atoms with van der Waals surface area (Å²) in [5, 5.41) is 3.22. The van der Waals surface area contributed by atoms with Crippen molar-refractivity contribution < 1.29 is 13.9 Å².